The van der Waals surface area contributed by atoms with Crippen molar-refractivity contribution >= 4 is 11.6 Å². The largest absolute Gasteiger partial charge is 0.326 e. The van der Waals surface area contributed by atoms with Crippen LogP contribution in [-0.2, 0) is 19.6 Å². The van der Waals surface area contributed by atoms with Gasteiger partial charge in [0.05, 0.1) is 0 Å². The predicted molar refractivity (Wildman–Crippen MR) is 80.9 cm³/mol. The van der Waals surface area contributed by atoms with Gasteiger partial charge in [-0.05, 0) is 30.3 Å². The molecule has 2 nitrogen and oxygen atoms in total. The van der Waals surface area contributed by atoms with Crippen molar-refractivity contribution in [2.24, 2.45) is 5.73 Å². The van der Waals surface area contributed by atoms with Gasteiger partial charge in [-0.2, -0.15) is 0 Å². The molecule has 0 saturated carbocycles. The van der Waals surface area contributed by atoms with Gasteiger partial charge < -0.3 is 5.73 Å². The van der Waals surface area contributed by atoms with Gasteiger partial charge in [-0.25, -0.2) is 4.39 Å². The summed E-state index contributed by atoms with van der Waals surface area (Å²) in [6, 6.07) is 12.9. The molecule has 0 aliphatic rings. The third-order valence-electron chi connectivity index (χ3n) is 3.18. The maximum atomic E-state index is 13.4. The Kier molecular flexibility index (Phi) is 5.12. The van der Waals surface area contributed by atoms with Crippen LogP contribution in [0.4, 0.5) is 4.39 Å². The standard InChI is InChI=1S/C16H18ClFN2/c1-20(11-13-4-2-3-5-15(13)17)10-12-6-7-16(18)14(8-12)9-19/h2-8H,9-11,19H2,1H3. The Bertz CT molecular complexity index is 586. The third-order valence-corrected chi connectivity index (χ3v) is 3.55. The second-order valence-electron chi connectivity index (χ2n) is 4.89. The molecule has 0 saturated heterocycles. The first-order valence-electron chi connectivity index (χ1n) is 6.49. The number of halogens is 2. The molecule has 20 heavy (non-hydrogen) atoms. The van der Waals surface area contributed by atoms with E-state index in [0.717, 1.165) is 29.2 Å². The zero-order valence-corrected chi connectivity index (χ0v) is 12.2. The number of benzene rings is 2. The van der Waals surface area contributed by atoms with Crippen LogP contribution in [0.1, 0.15) is 16.7 Å². The highest BCUT2D eigenvalue weighted by molar-refractivity contribution is 6.31. The van der Waals surface area contributed by atoms with E-state index in [2.05, 4.69) is 4.90 Å². The molecule has 2 N–H and O–H groups in total. The average molecular weight is 293 g/mol. The van der Waals surface area contributed by atoms with Gasteiger partial charge in [0.2, 0.25) is 0 Å². The Morgan fingerprint density at radius 3 is 2.55 bits per heavy atom. The molecule has 0 unspecified atom stereocenters. The van der Waals surface area contributed by atoms with Crippen molar-refractivity contribution in [1.29, 1.82) is 0 Å². The number of rotatable bonds is 5. The lowest BCUT2D eigenvalue weighted by atomic mass is 10.1. The maximum Gasteiger partial charge on any atom is 0.127 e. The summed E-state index contributed by atoms with van der Waals surface area (Å²) in [4.78, 5) is 2.13. The van der Waals surface area contributed by atoms with Crippen molar-refractivity contribution in [2.75, 3.05) is 7.05 Å². The van der Waals surface area contributed by atoms with Crippen LogP contribution >= 0.6 is 11.6 Å². The van der Waals surface area contributed by atoms with E-state index in [9.17, 15) is 4.39 Å². The fourth-order valence-corrected chi connectivity index (χ4v) is 2.36. The van der Waals surface area contributed by atoms with Gasteiger partial charge in [0.1, 0.15) is 5.82 Å². The molecule has 0 bridgehead atoms. The van der Waals surface area contributed by atoms with E-state index < -0.39 is 0 Å². The van der Waals surface area contributed by atoms with Gasteiger partial charge in [-0.1, -0.05) is 41.9 Å². The van der Waals surface area contributed by atoms with E-state index in [1.165, 1.54) is 6.07 Å². The first-order chi connectivity index (χ1) is 9.60. The first-order valence-corrected chi connectivity index (χ1v) is 6.87. The lowest BCUT2D eigenvalue weighted by Crippen LogP contribution is -2.17. The highest BCUT2D eigenvalue weighted by Crippen LogP contribution is 2.18. The van der Waals surface area contributed by atoms with Gasteiger partial charge in [0.15, 0.2) is 0 Å². The summed E-state index contributed by atoms with van der Waals surface area (Å²) in [6.07, 6.45) is 0. The van der Waals surface area contributed by atoms with Crippen LogP contribution in [0.2, 0.25) is 5.02 Å². The van der Waals surface area contributed by atoms with Crippen molar-refractivity contribution < 1.29 is 4.39 Å². The lowest BCUT2D eigenvalue weighted by Gasteiger charge is -2.18. The van der Waals surface area contributed by atoms with Gasteiger partial charge in [-0.15, -0.1) is 0 Å². The zero-order chi connectivity index (χ0) is 14.5. The van der Waals surface area contributed by atoms with Crippen molar-refractivity contribution in [2.45, 2.75) is 19.6 Å². The third kappa shape index (κ3) is 3.79. The molecule has 2 aromatic carbocycles. The molecule has 0 heterocycles. The summed E-state index contributed by atoms with van der Waals surface area (Å²) in [7, 11) is 2.01. The molecule has 0 atom stereocenters. The van der Waals surface area contributed by atoms with Gasteiger partial charge in [-0.3, -0.25) is 4.90 Å². The van der Waals surface area contributed by atoms with Crippen LogP contribution in [0.15, 0.2) is 42.5 Å². The van der Waals surface area contributed by atoms with Crippen LogP contribution in [0.25, 0.3) is 0 Å². The van der Waals surface area contributed by atoms with Gasteiger partial charge in [0, 0.05) is 30.2 Å². The van der Waals surface area contributed by atoms with E-state index in [-0.39, 0.29) is 12.4 Å². The molecule has 2 rings (SSSR count). The number of hydrogen-bond acceptors (Lipinski definition) is 2. The van der Waals surface area contributed by atoms with Crippen molar-refractivity contribution in [1.82, 2.24) is 4.90 Å². The topological polar surface area (TPSA) is 29.3 Å². The maximum absolute atomic E-state index is 13.4. The molecular weight excluding hydrogens is 275 g/mol. The molecule has 4 heteroatoms. The Morgan fingerprint density at radius 1 is 1.10 bits per heavy atom. The van der Waals surface area contributed by atoms with E-state index in [1.807, 2.05) is 37.4 Å². The summed E-state index contributed by atoms with van der Waals surface area (Å²) >= 11 is 6.15. The lowest BCUT2D eigenvalue weighted by molar-refractivity contribution is 0.319. The highest BCUT2D eigenvalue weighted by atomic mass is 35.5. The van der Waals surface area contributed by atoms with Crippen LogP contribution in [0, 0.1) is 5.82 Å². The average Bonchev–Trinajstić information content (AvgIpc) is 2.43. The summed E-state index contributed by atoms with van der Waals surface area (Å²) in [5.74, 6) is -0.245. The molecule has 0 radical (unpaired) electrons. The highest BCUT2D eigenvalue weighted by Gasteiger charge is 2.07. The molecule has 0 amide bonds. The summed E-state index contributed by atoms with van der Waals surface area (Å²) in [5, 5.41) is 0.765. The van der Waals surface area contributed by atoms with Crippen LogP contribution in [0.3, 0.4) is 0 Å². The first kappa shape index (κ1) is 15.0. The molecule has 0 aromatic heterocycles. The van der Waals surface area contributed by atoms with Gasteiger partial charge >= 0.3 is 0 Å². The number of hydrogen-bond donors (Lipinski definition) is 1. The second kappa shape index (κ2) is 6.84. The summed E-state index contributed by atoms with van der Waals surface area (Å²) in [5.41, 5.74) is 8.20. The van der Waals surface area contributed by atoms with Crippen LogP contribution in [-0.4, -0.2) is 11.9 Å². The van der Waals surface area contributed by atoms with Crippen molar-refractivity contribution in [3.8, 4) is 0 Å². The molecule has 0 fully saturated rings. The number of nitrogens with zero attached hydrogens (tertiary/aromatic N) is 1. The smallest absolute Gasteiger partial charge is 0.127 e. The van der Waals surface area contributed by atoms with E-state index in [4.69, 9.17) is 17.3 Å². The molecule has 0 spiro atoms. The summed E-state index contributed by atoms with van der Waals surface area (Å²) < 4.78 is 13.4. The van der Waals surface area contributed by atoms with Crippen LogP contribution < -0.4 is 5.73 Å². The van der Waals surface area contributed by atoms with Gasteiger partial charge in [0.25, 0.3) is 0 Å². The molecular formula is C16H18ClFN2. The molecule has 0 aliphatic heterocycles. The van der Waals surface area contributed by atoms with E-state index in [1.54, 1.807) is 6.07 Å². The minimum atomic E-state index is -0.245. The quantitative estimate of drug-likeness (QED) is 0.913. The Balaban J connectivity index is 2.05. The van der Waals surface area contributed by atoms with E-state index >= 15 is 0 Å². The van der Waals surface area contributed by atoms with Crippen molar-refractivity contribution in [3.63, 3.8) is 0 Å². The normalized spacial score (nSPS) is 11.1. The monoisotopic (exact) mass is 292 g/mol. The SMILES string of the molecule is CN(Cc1ccc(F)c(CN)c1)Cc1ccccc1Cl. The molecule has 106 valence electrons. The second-order valence-corrected chi connectivity index (χ2v) is 5.30. The number of nitrogens with two attached hydrogens (primary N) is 1. The molecule has 0 aliphatic carbocycles. The minimum absolute atomic E-state index is 0.216. The fraction of sp³-hybridized carbons (Fsp3) is 0.250. The van der Waals surface area contributed by atoms with E-state index in [0.29, 0.717) is 5.56 Å². The minimum Gasteiger partial charge on any atom is -0.326 e. The van der Waals surface area contributed by atoms with Crippen LogP contribution in [0.5, 0.6) is 0 Å². The predicted octanol–water partition coefficient (Wildman–Crippen LogP) is 3.57. The van der Waals surface area contributed by atoms with Crippen molar-refractivity contribution in [3.05, 3.63) is 70.0 Å². The summed E-state index contributed by atoms with van der Waals surface area (Å²) in [6.45, 7) is 1.68. The Morgan fingerprint density at radius 2 is 1.85 bits per heavy atom. The Labute approximate surface area is 124 Å². The zero-order valence-electron chi connectivity index (χ0n) is 11.4. The molecule has 2 aromatic rings. The Hall–Kier alpha value is -1.42. The fourth-order valence-electron chi connectivity index (χ4n) is 2.17.